The molecule has 7 nitrogen and oxygen atoms in total. The van der Waals surface area contributed by atoms with Crippen LogP contribution >= 0.6 is 15.9 Å². The molecule has 150 valence electrons. The van der Waals surface area contributed by atoms with Crippen molar-refractivity contribution in [3.05, 3.63) is 22.2 Å². The number of piperazine rings is 1. The molecule has 1 aromatic rings. The fourth-order valence-electron chi connectivity index (χ4n) is 2.98. The molecule has 0 radical (unpaired) electrons. The molecule has 2 amide bonds. The van der Waals surface area contributed by atoms with Crippen molar-refractivity contribution < 1.29 is 23.8 Å². The Morgan fingerprint density at radius 1 is 1.11 bits per heavy atom. The molecule has 1 aromatic carbocycles. The predicted octanol–water partition coefficient (Wildman–Crippen LogP) is 3.55. The SMILES string of the molecule is COc1cc(Br)cc(OC)c1C(=O)N1CCN(C(=O)OC(C)(C)C)[C@H](C)C1. The third kappa shape index (κ3) is 5.06. The van der Waals surface area contributed by atoms with Crippen LogP contribution in [0.3, 0.4) is 0 Å². The van der Waals surface area contributed by atoms with Crippen molar-refractivity contribution >= 4 is 27.9 Å². The number of hydrogen-bond donors (Lipinski definition) is 0. The summed E-state index contributed by atoms with van der Waals surface area (Å²) in [5.41, 5.74) is -0.178. The molecule has 1 atom stereocenters. The first kappa shape index (κ1) is 21.3. The van der Waals surface area contributed by atoms with Gasteiger partial charge in [-0.05, 0) is 39.8 Å². The fraction of sp³-hybridized carbons (Fsp3) is 0.579. The molecular weight excluding hydrogens is 416 g/mol. The average Bonchev–Trinajstić information content (AvgIpc) is 2.58. The van der Waals surface area contributed by atoms with Gasteiger partial charge in [0.05, 0.1) is 14.2 Å². The van der Waals surface area contributed by atoms with Gasteiger partial charge >= 0.3 is 6.09 Å². The molecule has 1 aliphatic heterocycles. The van der Waals surface area contributed by atoms with E-state index in [4.69, 9.17) is 14.2 Å². The standard InChI is InChI=1S/C19H27BrN2O5/c1-12-11-21(7-8-22(12)18(24)27-19(2,3)4)17(23)16-14(25-5)9-13(20)10-15(16)26-6/h9-10,12H,7-8,11H2,1-6H3/t12-/m1/s1. The molecule has 27 heavy (non-hydrogen) atoms. The fourth-order valence-corrected chi connectivity index (χ4v) is 3.40. The highest BCUT2D eigenvalue weighted by molar-refractivity contribution is 9.10. The summed E-state index contributed by atoms with van der Waals surface area (Å²) in [5, 5.41) is 0. The quantitative estimate of drug-likeness (QED) is 0.715. The molecular formula is C19H27BrN2O5. The first-order valence-electron chi connectivity index (χ1n) is 8.77. The molecule has 0 unspecified atom stereocenters. The van der Waals surface area contributed by atoms with E-state index in [0.29, 0.717) is 36.7 Å². The Hall–Kier alpha value is -1.96. The lowest BCUT2D eigenvalue weighted by molar-refractivity contribution is 0.00188. The molecule has 1 heterocycles. The van der Waals surface area contributed by atoms with Crippen LogP contribution in [0, 0.1) is 0 Å². The van der Waals surface area contributed by atoms with Crippen LogP contribution in [0.1, 0.15) is 38.1 Å². The number of ether oxygens (including phenoxy) is 3. The Morgan fingerprint density at radius 3 is 2.11 bits per heavy atom. The summed E-state index contributed by atoms with van der Waals surface area (Å²) in [4.78, 5) is 28.9. The Kier molecular flexibility index (Phi) is 6.62. The topological polar surface area (TPSA) is 68.3 Å². The van der Waals surface area contributed by atoms with Crippen LogP contribution in [0.15, 0.2) is 16.6 Å². The molecule has 1 fully saturated rings. The molecule has 0 aromatic heterocycles. The van der Waals surface area contributed by atoms with Gasteiger partial charge in [0, 0.05) is 30.1 Å². The Labute approximate surface area is 168 Å². The lowest BCUT2D eigenvalue weighted by Gasteiger charge is -2.40. The van der Waals surface area contributed by atoms with E-state index in [2.05, 4.69) is 15.9 Å². The normalized spacial score (nSPS) is 17.5. The second-order valence-electron chi connectivity index (χ2n) is 7.46. The Bertz CT molecular complexity index is 692. The molecule has 1 aliphatic rings. The summed E-state index contributed by atoms with van der Waals surface area (Å²) in [6, 6.07) is 3.30. The van der Waals surface area contributed by atoms with Crippen LogP contribution in [0.25, 0.3) is 0 Å². The summed E-state index contributed by atoms with van der Waals surface area (Å²) >= 11 is 3.39. The first-order valence-corrected chi connectivity index (χ1v) is 9.57. The summed E-state index contributed by atoms with van der Waals surface area (Å²) in [7, 11) is 3.03. The molecule has 0 spiro atoms. The van der Waals surface area contributed by atoms with E-state index in [-0.39, 0.29) is 18.0 Å². The maximum absolute atomic E-state index is 13.1. The van der Waals surface area contributed by atoms with Crippen molar-refractivity contribution in [1.29, 1.82) is 0 Å². The minimum Gasteiger partial charge on any atom is -0.496 e. The van der Waals surface area contributed by atoms with Crippen LogP contribution in [-0.2, 0) is 4.74 Å². The van der Waals surface area contributed by atoms with Crippen molar-refractivity contribution in [3.63, 3.8) is 0 Å². The Morgan fingerprint density at radius 2 is 1.67 bits per heavy atom. The van der Waals surface area contributed by atoms with Crippen molar-refractivity contribution in [2.75, 3.05) is 33.9 Å². The van der Waals surface area contributed by atoms with Gasteiger partial charge in [-0.1, -0.05) is 15.9 Å². The highest BCUT2D eigenvalue weighted by Crippen LogP contribution is 2.34. The van der Waals surface area contributed by atoms with E-state index in [1.165, 1.54) is 14.2 Å². The number of hydrogen-bond acceptors (Lipinski definition) is 5. The molecule has 0 bridgehead atoms. The minimum absolute atomic E-state index is 0.162. The van der Waals surface area contributed by atoms with E-state index >= 15 is 0 Å². The number of benzene rings is 1. The molecule has 8 heteroatoms. The van der Waals surface area contributed by atoms with Gasteiger partial charge in [-0.3, -0.25) is 4.79 Å². The lowest BCUT2D eigenvalue weighted by Crippen LogP contribution is -2.56. The van der Waals surface area contributed by atoms with Gasteiger partial charge in [-0.2, -0.15) is 0 Å². The van der Waals surface area contributed by atoms with Gasteiger partial charge in [0.2, 0.25) is 0 Å². The highest BCUT2D eigenvalue weighted by Gasteiger charge is 2.34. The van der Waals surface area contributed by atoms with Crippen LogP contribution in [-0.4, -0.2) is 67.3 Å². The van der Waals surface area contributed by atoms with E-state index in [1.54, 1.807) is 21.9 Å². The smallest absolute Gasteiger partial charge is 0.410 e. The van der Waals surface area contributed by atoms with Gasteiger partial charge in [0.25, 0.3) is 5.91 Å². The van der Waals surface area contributed by atoms with Crippen LogP contribution in [0.4, 0.5) is 4.79 Å². The minimum atomic E-state index is -0.554. The number of halogens is 1. The zero-order valence-corrected chi connectivity index (χ0v) is 18.3. The van der Waals surface area contributed by atoms with E-state index in [9.17, 15) is 9.59 Å². The van der Waals surface area contributed by atoms with E-state index in [1.807, 2.05) is 27.7 Å². The van der Waals surface area contributed by atoms with Gasteiger partial charge in [0.15, 0.2) is 0 Å². The predicted molar refractivity (Wildman–Crippen MR) is 106 cm³/mol. The largest absolute Gasteiger partial charge is 0.496 e. The number of nitrogens with zero attached hydrogens (tertiary/aromatic N) is 2. The molecule has 0 N–H and O–H groups in total. The number of rotatable bonds is 3. The van der Waals surface area contributed by atoms with Gasteiger partial charge in [-0.25, -0.2) is 4.79 Å². The number of carbonyl (C=O) groups is 2. The molecule has 1 saturated heterocycles. The zero-order valence-electron chi connectivity index (χ0n) is 16.7. The highest BCUT2D eigenvalue weighted by atomic mass is 79.9. The monoisotopic (exact) mass is 442 g/mol. The van der Waals surface area contributed by atoms with Crippen molar-refractivity contribution in [1.82, 2.24) is 9.80 Å². The Balaban J connectivity index is 2.18. The maximum atomic E-state index is 13.1. The molecule has 2 rings (SSSR count). The third-order valence-electron chi connectivity index (χ3n) is 4.23. The second-order valence-corrected chi connectivity index (χ2v) is 8.37. The summed E-state index contributed by atoms with van der Waals surface area (Å²) in [5.74, 6) is 0.689. The van der Waals surface area contributed by atoms with Gasteiger partial charge in [0.1, 0.15) is 22.7 Å². The van der Waals surface area contributed by atoms with Gasteiger partial charge < -0.3 is 24.0 Å². The summed E-state index contributed by atoms with van der Waals surface area (Å²) in [6.45, 7) is 8.62. The average molecular weight is 443 g/mol. The number of methoxy groups -OCH3 is 2. The van der Waals surface area contributed by atoms with Crippen LogP contribution in [0.5, 0.6) is 11.5 Å². The number of amides is 2. The van der Waals surface area contributed by atoms with Crippen LogP contribution < -0.4 is 9.47 Å². The summed E-state index contributed by atoms with van der Waals surface area (Å²) in [6.07, 6.45) is -0.360. The van der Waals surface area contributed by atoms with Crippen molar-refractivity contribution in [2.45, 2.75) is 39.3 Å². The lowest BCUT2D eigenvalue weighted by atomic mass is 10.1. The first-order chi connectivity index (χ1) is 12.6. The van der Waals surface area contributed by atoms with Gasteiger partial charge in [-0.15, -0.1) is 0 Å². The second kappa shape index (κ2) is 8.37. The summed E-state index contributed by atoms with van der Waals surface area (Å²) < 4.78 is 17.0. The molecule has 0 aliphatic carbocycles. The zero-order chi connectivity index (χ0) is 20.4. The van der Waals surface area contributed by atoms with Crippen molar-refractivity contribution in [2.24, 2.45) is 0 Å². The molecule has 0 saturated carbocycles. The third-order valence-corrected chi connectivity index (χ3v) is 4.69. The van der Waals surface area contributed by atoms with E-state index < -0.39 is 5.60 Å². The number of carbonyl (C=O) groups excluding carboxylic acids is 2. The van der Waals surface area contributed by atoms with Crippen molar-refractivity contribution in [3.8, 4) is 11.5 Å². The van der Waals surface area contributed by atoms with Crippen LogP contribution in [0.2, 0.25) is 0 Å². The van der Waals surface area contributed by atoms with E-state index in [0.717, 1.165) is 4.47 Å². The maximum Gasteiger partial charge on any atom is 0.410 e.